The number of hydrogen-bond acceptors (Lipinski definition) is 4. The first-order valence-corrected chi connectivity index (χ1v) is 4.98. The molecule has 0 aliphatic carbocycles. The Bertz CT molecular complexity index is 332. The molecule has 0 saturated carbocycles. The van der Waals surface area contributed by atoms with Crippen molar-refractivity contribution in [1.82, 2.24) is 0 Å². The fourth-order valence-electron chi connectivity index (χ4n) is 1.30. The van der Waals surface area contributed by atoms with Crippen molar-refractivity contribution in [2.45, 2.75) is 18.6 Å². The maximum absolute atomic E-state index is 9.70. The van der Waals surface area contributed by atoms with Gasteiger partial charge in [0.05, 0.1) is 6.10 Å². The van der Waals surface area contributed by atoms with Gasteiger partial charge in [-0.1, -0.05) is 11.6 Å². The first-order chi connectivity index (χ1) is 7.06. The van der Waals surface area contributed by atoms with Crippen molar-refractivity contribution in [3.8, 4) is 5.75 Å². The van der Waals surface area contributed by atoms with E-state index in [4.69, 9.17) is 17.3 Å². The average Bonchev–Trinajstić information content (AvgIpc) is 2.21. The molecule has 0 amide bonds. The third kappa shape index (κ3) is 3.07. The van der Waals surface area contributed by atoms with Gasteiger partial charge in [-0.3, -0.25) is 0 Å². The van der Waals surface area contributed by atoms with Gasteiger partial charge in [0.1, 0.15) is 11.9 Å². The van der Waals surface area contributed by atoms with E-state index in [1.165, 1.54) is 18.2 Å². The van der Waals surface area contributed by atoms with Gasteiger partial charge in [-0.05, 0) is 31.2 Å². The zero-order valence-corrected chi connectivity index (χ0v) is 8.85. The molecule has 1 aromatic carbocycles. The van der Waals surface area contributed by atoms with E-state index in [9.17, 15) is 15.3 Å². The number of phenols is 1. The second-order valence-corrected chi connectivity index (χ2v) is 3.73. The molecule has 1 aromatic rings. The maximum Gasteiger partial charge on any atom is 0.121 e. The second kappa shape index (κ2) is 5.32. The molecule has 4 nitrogen and oxygen atoms in total. The molecule has 15 heavy (non-hydrogen) atoms. The molecule has 5 N–H and O–H groups in total. The fourth-order valence-corrected chi connectivity index (χ4v) is 1.48. The minimum atomic E-state index is -1.17. The summed E-state index contributed by atoms with van der Waals surface area (Å²) < 4.78 is 0. The van der Waals surface area contributed by atoms with E-state index in [0.29, 0.717) is 5.02 Å². The Morgan fingerprint density at radius 2 is 2.00 bits per heavy atom. The van der Waals surface area contributed by atoms with Crippen LogP contribution in [0.5, 0.6) is 5.75 Å². The van der Waals surface area contributed by atoms with Crippen molar-refractivity contribution < 1.29 is 15.3 Å². The highest BCUT2D eigenvalue weighted by atomic mass is 35.5. The van der Waals surface area contributed by atoms with Crippen LogP contribution in [-0.2, 0) is 0 Å². The number of phenolic OH excluding ortho intramolecular Hbond substituents is 1. The molecular weight excluding hydrogens is 218 g/mol. The molecule has 84 valence electrons. The number of hydrogen-bond donors (Lipinski definition) is 4. The van der Waals surface area contributed by atoms with E-state index >= 15 is 0 Å². The first kappa shape index (κ1) is 12.3. The summed E-state index contributed by atoms with van der Waals surface area (Å²) in [5, 5.41) is 29.1. The summed E-state index contributed by atoms with van der Waals surface area (Å²) in [6.07, 6.45) is -1.92. The molecule has 2 atom stereocenters. The Kier molecular flexibility index (Phi) is 4.35. The SMILES string of the molecule is NCCC(O)C(O)c1cc(Cl)ccc1O. The third-order valence-corrected chi connectivity index (χ3v) is 2.37. The largest absolute Gasteiger partial charge is 0.508 e. The summed E-state index contributed by atoms with van der Waals surface area (Å²) in [5.41, 5.74) is 5.47. The van der Waals surface area contributed by atoms with Crippen LogP contribution in [0.4, 0.5) is 0 Å². The van der Waals surface area contributed by atoms with Crippen LogP contribution in [0, 0.1) is 0 Å². The van der Waals surface area contributed by atoms with Gasteiger partial charge in [-0.15, -0.1) is 0 Å². The van der Waals surface area contributed by atoms with Crippen LogP contribution >= 0.6 is 11.6 Å². The Morgan fingerprint density at radius 3 is 2.60 bits per heavy atom. The minimum absolute atomic E-state index is 0.0945. The number of aliphatic hydroxyl groups is 2. The molecule has 0 aromatic heterocycles. The number of rotatable bonds is 4. The van der Waals surface area contributed by atoms with E-state index in [0.717, 1.165) is 0 Å². The number of benzene rings is 1. The monoisotopic (exact) mass is 231 g/mol. The van der Waals surface area contributed by atoms with Crippen LogP contribution in [0.15, 0.2) is 18.2 Å². The van der Waals surface area contributed by atoms with E-state index < -0.39 is 12.2 Å². The summed E-state index contributed by atoms with van der Waals surface area (Å²) in [7, 11) is 0. The topological polar surface area (TPSA) is 86.7 Å². The summed E-state index contributed by atoms with van der Waals surface area (Å²) in [5.74, 6) is -0.0945. The quantitative estimate of drug-likeness (QED) is 0.617. The van der Waals surface area contributed by atoms with Gasteiger partial charge >= 0.3 is 0 Å². The maximum atomic E-state index is 9.70. The smallest absolute Gasteiger partial charge is 0.121 e. The number of aliphatic hydroxyl groups excluding tert-OH is 2. The standard InChI is InChI=1S/C10H14ClNO3/c11-6-1-2-8(13)7(5-6)10(15)9(14)3-4-12/h1-2,5,9-10,13-15H,3-4,12H2. The number of halogens is 1. The number of nitrogens with two attached hydrogens (primary N) is 1. The molecule has 0 fully saturated rings. The first-order valence-electron chi connectivity index (χ1n) is 4.61. The lowest BCUT2D eigenvalue weighted by molar-refractivity contribution is 0.0137. The second-order valence-electron chi connectivity index (χ2n) is 3.29. The molecule has 0 spiro atoms. The lowest BCUT2D eigenvalue weighted by Gasteiger charge is -2.18. The lowest BCUT2D eigenvalue weighted by atomic mass is 10.0. The van der Waals surface area contributed by atoms with Crippen molar-refractivity contribution in [2.24, 2.45) is 5.73 Å². The highest BCUT2D eigenvalue weighted by Crippen LogP contribution is 2.29. The van der Waals surface area contributed by atoms with Crippen molar-refractivity contribution in [1.29, 1.82) is 0 Å². The Balaban J connectivity index is 2.89. The number of aromatic hydroxyl groups is 1. The fraction of sp³-hybridized carbons (Fsp3) is 0.400. The Morgan fingerprint density at radius 1 is 1.33 bits per heavy atom. The Hall–Kier alpha value is -0.810. The summed E-state index contributed by atoms with van der Waals surface area (Å²) in [6.45, 7) is 0.263. The summed E-state index contributed by atoms with van der Waals surface area (Å²) in [6, 6.07) is 4.29. The van der Waals surface area contributed by atoms with Crippen LogP contribution in [0.3, 0.4) is 0 Å². The van der Waals surface area contributed by atoms with E-state index in [2.05, 4.69) is 0 Å². The van der Waals surface area contributed by atoms with Crippen LogP contribution in [0.25, 0.3) is 0 Å². The predicted octanol–water partition coefficient (Wildman–Crippen LogP) is 0.789. The molecule has 0 heterocycles. The zero-order valence-electron chi connectivity index (χ0n) is 8.10. The van der Waals surface area contributed by atoms with Gasteiger partial charge in [0.15, 0.2) is 0 Å². The third-order valence-electron chi connectivity index (χ3n) is 2.14. The van der Waals surface area contributed by atoms with Crippen LogP contribution in [0.2, 0.25) is 5.02 Å². The van der Waals surface area contributed by atoms with Gasteiger partial charge in [0, 0.05) is 10.6 Å². The average molecular weight is 232 g/mol. The highest BCUT2D eigenvalue weighted by Gasteiger charge is 2.20. The van der Waals surface area contributed by atoms with Gasteiger partial charge in [0.2, 0.25) is 0 Å². The van der Waals surface area contributed by atoms with Crippen molar-refractivity contribution in [3.05, 3.63) is 28.8 Å². The zero-order chi connectivity index (χ0) is 11.4. The van der Waals surface area contributed by atoms with Crippen LogP contribution < -0.4 is 5.73 Å². The molecule has 5 heteroatoms. The summed E-state index contributed by atoms with van der Waals surface area (Å²) >= 11 is 5.71. The molecule has 0 aliphatic heterocycles. The van der Waals surface area contributed by atoms with Gasteiger partial charge in [-0.25, -0.2) is 0 Å². The normalized spacial score (nSPS) is 14.9. The van der Waals surface area contributed by atoms with Crippen molar-refractivity contribution in [3.63, 3.8) is 0 Å². The lowest BCUT2D eigenvalue weighted by Crippen LogP contribution is -2.21. The van der Waals surface area contributed by atoms with Gasteiger partial charge < -0.3 is 21.1 Å². The van der Waals surface area contributed by atoms with Gasteiger partial charge in [0.25, 0.3) is 0 Å². The summed E-state index contributed by atoms with van der Waals surface area (Å²) in [4.78, 5) is 0. The molecule has 0 aliphatic rings. The van der Waals surface area contributed by atoms with E-state index in [1.54, 1.807) is 0 Å². The minimum Gasteiger partial charge on any atom is -0.508 e. The highest BCUT2D eigenvalue weighted by molar-refractivity contribution is 6.30. The van der Waals surface area contributed by atoms with Crippen molar-refractivity contribution in [2.75, 3.05) is 6.54 Å². The molecule has 2 unspecified atom stereocenters. The molecule has 0 saturated heterocycles. The molecule has 1 rings (SSSR count). The van der Waals surface area contributed by atoms with Crippen LogP contribution in [-0.4, -0.2) is 28.0 Å². The van der Waals surface area contributed by atoms with E-state index in [-0.39, 0.29) is 24.3 Å². The predicted molar refractivity (Wildman–Crippen MR) is 57.8 cm³/mol. The van der Waals surface area contributed by atoms with Gasteiger partial charge in [-0.2, -0.15) is 0 Å². The van der Waals surface area contributed by atoms with E-state index in [1.807, 2.05) is 0 Å². The molecule has 0 bridgehead atoms. The molecule has 0 radical (unpaired) electrons. The van der Waals surface area contributed by atoms with Crippen LogP contribution in [0.1, 0.15) is 18.1 Å². The van der Waals surface area contributed by atoms with Crippen molar-refractivity contribution >= 4 is 11.6 Å². The molecular formula is C10H14ClNO3. The Labute approximate surface area is 92.9 Å².